The molecule has 6 nitrogen and oxygen atoms in total. The van der Waals surface area contributed by atoms with E-state index in [4.69, 9.17) is 9.84 Å². The van der Waals surface area contributed by atoms with Crippen LogP contribution in [0.4, 0.5) is 0 Å². The van der Waals surface area contributed by atoms with E-state index in [9.17, 15) is 9.59 Å². The molecule has 17 heavy (non-hydrogen) atoms. The normalized spacial score (nSPS) is 24.5. The van der Waals surface area contributed by atoms with Gasteiger partial charge in [-0.25, -0.2) is 0 Å². The van der Waals surface area contributed by atoms with Crippen molar-refractivity contribution in [3.05, 3.63) is 0 Å². The number of hydrogen-bond donors (Lipinski definition) is 2. The molecule has 1 heterocycles. The molecule has 1 aliphatic rings. The predicted molar refractivity (Wildman–Crippen MR) is 61.3 cm³/mol. The highest BCUT2D eigenvalue weighted by atomic mass is 16.5. The van der Waals surface area contributed by atoms with Crippen molar-refractivity contribution in [2.75, 3.05) is 26.2 Å². The molecule has 0 aromatic rings. The van der Waals surface area contributed by atoms with Gasteiger partial charge in [-0.3, -0.25) is 9.59 Å². The van der Waals surface area contributed by atoms with Crippen LogP contribution in [-0.4, -0.2) is 60.3 Å². The number of ether oxygens (including phenoxy) is 1. The van der Waals surface area contributed by atoms with Gasteiger partial charge in [0.1, 0.15) is 0 Å². The summed E-state index contributed by atoms with van der Waals surface area (Å²) in [6.07, 6.45) is -0.0844. The fourth-order valence-electron chi connectivity index (χ4n) is 1.85. The van der Waals surface area contributed by atoms with Gasteiger partial charge in [0.25, 0.3) is 0 Å². The van der Waals surface area contributed by atoms with Crippen LogP contribution < -0.4 is 5.32 Å². The summed E-state index contributed by atoms with van der Waals surface area (Å²) >= 11 is 0. The molecule has 1 saturated heterocycles. The zero-order valence-electron chi connectivity index (χ0n) is 10.3. The molecule has 0 radical (unpaired) electrons. The quantitative estimate of drug-likeness (QED) is 0.673. The van der Waals surface area contributed by atoms with Gasteiger partial charge in [0, 0.05) is 33.0 Å². The number of nitrogens with zero attached hydrogens (tertiary/aromatic N) is 1. The minimum atomic E-state index is -0.302. The minimum Gasteiger partial charge on any atom is -0.394 e. The maximum Gasteiger partial charge on any atom is 0.224 e. The number of amides is 2. The van der Waals surface area contributed by atoms with Crippen LogP contribution in [0.3, 0.4) is 0 Å². The average Bonchev–Trinajstić information content (AvgIpc) is 2.27. The van der Waals surface area contributed by atoms with Gasteiger partial charge in [0.2, 0.25) is 11.8 Å². The summed E-state index contributed by atoms with van der Waals surface area (Å²) in [7, 11) is 0. The lowest BCUT2D eigenvalue weighted by atomic mass is 10.2. The lowest BCUT2D eigenvalue weighted by Gasteiger charge is -2.36. The number of carbonyl (C=O) groups excluding carboxylic acids is 2. The van der Waals surface area contributed by atoms with E-state index >= 15 is 0 Å². The molecule has 6 heteroatoms. The number of aliphatic hydroxyl groups excluding tert-OH is 1. The summed E-state index contributed by atoms with van der Waals surface area (Å²) < 4.78 is 5.44. The molecule has 0 aliphatic carbocycles. The molecule has 1 rings (SSSR count). The third-order valence-corrected chi connectivity index (χ3v) is 2.60. The SMILES string of the molecule is CC(=O)NCCC(=O)N1CC(C)OC(CO)C1. The van der Waals surface area contributed by atoms with Crippen LogP contribution in [0, 0.1) is 0 Å². The Morgan fingerprint density at radius 3 is 2.76 bits per heavy atom. The standard InChI is InChI=1S/C11H20N2O4/c1-8-5-13(6-10(7-14)17-8)11(16)3-4-12-9(2)15/h8,10,14H,3-7H2,1-2H3,(H,12,15). The monoisotopic (exact) mass is 244 g/mol. The number of hydrogen-bond acceptors (Lipinski definition) is 4. The molecule has 0 saturated carbocycles. The highest BCUT2D eigenvalue weighted by Gasteiger charge is 2.27. The van der Waals surface area contributed by atoms with Crippen molar-refractivity contribution < 1.29 is 19.4 Å². The average molecular weight is 244 g/mol. The van der Waals surface area contributed by atoms with Gasteiger partial charge in [-0.05, 0) is 6.92 Å². The number of carbonyl (C=O) groups is 2. The molecule has 0 aromatic carbocycles. The minimum absolute atomic E-state index is 0.0210. The summed E-state index contributed by atoms with van der Waals surface area (Å²) in [4.78, 5) is 24.2. The third-order valence-electron chi connectivity index (χ3n) is 2.60. The molecular formula is C11H20N2O4. The van der Waals surface area contributed by atoms with Gasteiger partial charge < -0.3 is 20.1 Å². The summed E-state index contributed by atoms with van der Waals surface area (Å²) in [6, 6.07) is 0. The van der Waals surface area contributed by atoms with Crippen molar-refractivity contribution in [2.45, 2.75) is 32.5 Å². The Kier molecular flexibility index (Phi) is 5.37. The van der Waals surface area contributed by atoms with Crippen molar-refractivity contribution in [2.24, 2.45) is 0 Å². The van der Waals surface area contributed by atoms with E-state index in [0.717, 1.165) is 0 Å². The zero-order valence-corrected chi connectivity index (χ0v) is 10.3. The summed E-state index contributed by atoms with van der Waals surface area (Å²) in [6.45, 7) is 4.51. The molecule has 0 spiro atoms. The van der Waals surface area contributed by atoms with Gasteiger partial charge in [-0.15, -0.1) is 0 Å². The number of rotatable bonds is 4. The van der Waals surface area contributed by atoms with Crippen LogP contribution in [0.1, 0.15) is 20.3 Å². The molecular weight excluding hydrogens is 224 g/mol. The topological polar surface area (TPSA) is 78.9 Å². The first-order valence-corrected chi connectivity index (χ1v) is 5.81. The molecule has 98 valence electrons. The van der Waals surface area contributed by atoms with Gasteiger partial charge in [-0.1, -0.05) is 0 Å². The molecule has 0 aromatic heterocycles. The van der Waals surface area contributed by atoms with Crippen LogP contribution in [0.25, 0.3) is 0 Å². The van der Waals surface area contributed by atoms with Gasteiger partial charge >= 0.3 is 0 Å². The lowest BCUT2D eigenvalue weighted by Crippen LogP contribution is -2.50. The number of morpholine rings is 1. The fraction of sp³-hybridized carbons (Fsp3) is 0.818. The Labute approximate surface area is 101 Å². The maximum absolute atomic E-state index is 11.8. The summed E-state index contributed by atoms with van der Waals surface area (Å²) in [5.74, 6) is -0.159. The van der Waals surface area contributed by atoms with Gasteiger partial charge in [0.15, 0.2) is 0 Å². The molecule has 2 amide bonds. The largest absolute Gasteiger partial charge is 0.394 e. The third kappa shape index (κ3) is 4.70. The molecule has 2 unspecified atom stereocenters. The Morgan fingerprint density at radius 1 is 1.47 bits per heavy atom. The van der Waals surface area contributed by atoms with Crippen molar-refractivity contribution in [3.8, 4) is 0 Å². The molecule has 1 fully saturated rings. The first-order valence-electron chi connectivity index (χ1n) is 5.81. The van der Waals surface area contributed by atoms with Crippen molar-refractivity contribution in [1.82, 2.24) is 10.2 Å². The highest BCUT2D eigenvalue weighted by Crippen LogP contribution is 2.11. The van der Waals surface area contributed by atoms with Crippen LogP contribution in [0.15, 0.2) is 0 Å². The Balaban J connectivity index is 2.37. The second kappa shape index (κ2) is 6.56. The van der Waals surface area contributed by atoms with E-state index in [1.54, 1.807) is 4.90 Å². The predicted octanol–water partition coefficient (Wildman–Crippen LogP) is -0.879. The van der Waals surface area contributed by atoms with Crippen molar-refractivity contribution in [1.29, 1.82) is 0 Å². The summed E-state index contributed by atoms with van der Waals surface area (Å²) in [5, 5.41) is 11.6. The first kappa shape index (κ1) is 13.9. The maximum atomic E-state index is 11.8. The van der Waals surface area contributed by atoms with E-state index in [2.05, 4.69) is 5.32 Å². The highest BCUT2D eigenvalue weighted by molar-refractivity contribution is 5.78. The van der Waals surface area contributed by atoms with E-state index in [0.29, 0.717) is 19.6 Å². The fourth-order valence-corrected chi connectivity index (χ4v) is 1.85. The molecule has 2 atom stereocenters. The van der Waals surface area contributed by atoms with Crippen LogP contribution >= 0.6 is 0 Å². The molecule has 0 bridgehead atoms. The van der Waals surface area contributed by atoms with Crippen LogP contribution in [0.2, 0.25) is 0 Å². The molecule has 1 aliphatic heterocycles. The van der Waals surface area contributed by atoms with E-state index in [1.807, 2.05) is 6.92 Å². The Morgan fingerprint density at radius 2 is 2.18 bits per heavy atom. The van der Waals surface area contributed by atoms with Gasteiger partial charge in [0.05, 0.1) is 18.8 Å². The second-order valence-corrected chi connectivity index (χ2v) is 4.28. The Hall–Kier alpha value is -1.14. The van der Waals surface area contributed by atoms with Crippen LogP contribution in [-0.2, 0) is 14.3 Å². The number of nitrogens with one attached hydrogen (secondary N) is 1. The first-order chi connectivity index (χ1) is 8.02. The zero-order chi connectivity index (χ0) is 12.8. The smallest absolute Gasteiger partial charge is 0.224 e. The van der Waals surface area contributed by atoms with E-state index in [-0.39, 0.29) is 37.0 Å². The Bertz CT molecular complexity index is 283. The van der Waals surface area contributed by atoms with Crippen LogP contribution in [0.5, 0.6) is 0 Å². The number of aliphatic hydroxyl groups is 1. The van der Waals surface area contributed by atoms with Crippen molar-refractivity contribution in [3.63, 3.8) is 0 Å². The van der Waals surface area contributed by atoms with Crippen molar-refractivity contribution >= 4 is 11.8 Å². The van der Waals surface area contributed by atoms with Gasteiger partial charge in [-0.2, -0.15) is 0 Å². The lowest BCUT2D eigenvalue weighted by molar-refractivity contribution is -0.147. The second-order valence-electron chi connectivity index (χ2n) is 4.28. The van der Waals surface area contributed by atoms with E-state index in [1.165, 1.54) is 6.92 Å². The summed E-state index contributed by atoms with van der Waals surface area (Å²) in [5.41, 5.74) is 0. The van der Waals surface area contributed by atoms with E-state index < -0.39 is 0 Å². The molecule has 2 N–H and O–H groups in total.